The molecule has 0 atom stereocenters. The average molecular weight is 358 g/mol. The zero-order valence-corrected chi connectivity index (χ0v) is 13.9. The molecule has 134 valence electrons. The Labute approximate surface area is 146 Å². The van der Waals surface area contributed by atoms with Crippen molar-refractivity contribution in [2.45, 2.75) is 0 Å². The Morgan fingerprint density at radius 1 is 1.00 bits per heavy atom. The summed E-state index contributed by atoms with van der Waals surface area (Å²) in [5.41, 5.74) is -0.331. The van der Waals surface area contributed by atoms with E-state index in [1.54, 1.807) is 18.2 Å². The highest BCUT2D eigenvalue weighted by Gasteiger charge is 2.26. The van der Waals surface area contributed by atoms with E-state index in [1.165, 1.54) is 20.3 Å². The first-order valence-corrected chi connectivity index (χ1v) is 7.59. The fraction of sp³-hybridized carbons (Fsp3) is 0.167. The third kappa shape index (κ3) is 2.19. The van der Waals surface area contributed by atoms with Crippen LogP contribution in [0.4, 0.5) is 0 Å². The van der Waals surface area contributed by atoms with Crippen LogP contribution in [0.3, 0.4) is 0 Å². The Balaban J connectivity index is 1.99. The Hall–Kier alpha value is -3.55. The number of ether oxygens (including phenoxy) is 4. The molecule has 1 aliphatic rings. The van der Waals surface area contributed by atoms with E-state index in [2.05, 4.69) is 0 Å². The summed E-state index contributed by atoms with van der Waals surface area (Å²) < 4.78 is 26.5. The van der Waals surface area contributed by atoms with Crippen LogP contribution in [0.1, 0.15) is 0 Å². The van der Waals surface area contributed by atoms with Gasteiger partial charge in [-0.2, -0.15) is 0 Å². The van der Waals surface area contributed by atoms with E-state index in [0.29, 0.717) is 17.1 Å². The third-order valence-corrected chi connectivity index (χ3v) is 4.12. The third-order valence-electron chi connectivity index (χ3n) is 4.12. The highest BCUT2D eigenvalue weighted by Crippen LogP contribution is 2.46. The van der Waals surface area contributed by atoms with E-state index in [-0.39, 0.29) is 35.0 Å². The zero-order chi connectivity index (χ0) is 18.4. The molecule has 2 heterocycles. The maximum atomic E-state index is 12.6. The van der Waals surface area contributed by atoms with Gasteiger partial charge in [0, 0.05) is 11.6 Å². The van der Waals surface area contributed by atoms with Gasteiger partial charge in [0.15, 0.2) is 28.8 Å². The fourth-order valence-corrected chi connectivity index (χ4v) is 2.86. The molecule has 2 N–H and O–H groups in total. The summed E-state index contributed by atoms with van der Waals surface area (Å²) >= 11 is 0. The number of aromatic hydroxyl groups is 2. The molecule has 26 heavy (non-hydrogen) atoms. The molecule has 0 saturated heterocycles. The number of phenolic OH excluding ortho intramolecular Hbond substituents is 1. The minimum absolute atomic E-state index is 0.0445. The molecule has 0 aliphatic carbocycles. The van der Waals surface area contributed by atoms with Crippen molar-refractivity contribution in [3.63, 3.8) is 0 Å². The van der Waals surface area contributed by atoms with Gasteiger partial charge in [-0.15, -0.1) is 0 Å². The normalized spacial score (nSPS) is 12.4. The smallest absolute Gasteiger partial charge is 0.238 e. The summed E-state index contributed by atoms with van der Waals surface area (Å²) in [6, 6.07) is 6.23. The summed E-state index contributed by atoms with van der Waals surface area (Å²) in [4.78, 5) is 12.6. The Morgan fingerprint density at radius 3 is 2.50 bits per heavy atom. The van der Waals surface area contributed by atoms with Crippen LogP contribution < -0.4 is 24.4 Å². The molecular formula is C18H14O8. The molecule has 0 fully saturated rings. The molecule has 0 bridgehead atoms. The summed E-state index contributed by atoms with van der Waals surface area (Å²) in [5, 5.41) is 20.4. The highest BCUT2D eigenvalue weighted by molar-refractivity contribution is 5.91. The van der Waals surface area contributed by atoms with Crippen LogP contribution >= 0.6 is 0 Å². The van der Waals surface area contributed by atoms with E-state index >= 15 is 0 Å². The van der Waals surface area contributed by atoms with Crippen molar-refractivity contribution >= 4 is 11.0 Å². The number of rotatable bonds is 3. The lowest BCUT2D eigenvalue weighted by molar-refractivity contribution is 0.171. The van der Waals surface area contributed by atoms with E-state index in [0.717, 1.165) is 0 Å². The second-order valence-electron chi connectivity index (χ2n) is 5.51. The molecule has 1 aromatic heterocycles. The van der Waals surface area contributed by atoms with Crippen LogP contribution in [-0.2, 0) is 0 Å². The van der Waals surface area contributed by atoms with E-state index < -0.39 is 16.9 Å². The van der Waals surface area contributed by atoms with Crippen molar-refractivity contribution in [3.05, 3.63) is 34.5 Å². The molecule has 0 unspecified atom stereocenters. The van der Waals surface area contributed by atoms with Crippen molar-refractivity contribution in [3.8, 4) is 45.8 Å². The van der Waals surface area contributed by atoms with Gasteiger partial charge in [0.05, 0.1) is 14.2 Å². The predicted octanol–water partition coefficient (Wildman–Crippen LogP) is 2.62. The number of hydrogen-bond donors (Lipinski definition) is 2. The Morgan fingerprint density at radius 2 is 1.77 bits per heavy atom. The number of benzene rings is 2. The topological polar surface area (TPSA) is 108 Å². The monoisotopic (exact) mass is 358 g/mol. The van der Waals surface area contributed by atoms with Crippen molar-refractivity contribution < 1.29 is 33.6 Å². The fourth-order valence-electron chi connectivity index (χ4n) is 2.86. The van der Waals surface area contributed by atoms with Gasteiger partial charge >= 0.3 is 0 Å². The SMILES string of the molecule is COc1ccc(-c2oc3cc4c(c(O)c3c(=O)c2O)OCO4)cc1OC. The first-order chi connectivity index (χ1) is 12.5. The molecule has 8 nitrogen and oxygen atoms in total. The second-order valence-corrected chi connectivity index (χ2v) is 5.51. The van der Waals surface area contributed by atoms with Gasteiger partial charge in [0.2, 0.25) is 23.7 Å². The molecule has 0 radical (unpaired) electrons. The van der Waals surface area contributed by atoms with Gasteiger partial charge in [0.25, 0.3) is 0 Å². The molecule has 0 saturated carbocycles. The minimum Gasteiger partial charge on any atom is -0.504 e. The molecule has 1 aliphatic heterocycles. The average Bonchev–Trinajstić information content (AvgIpc) is 3.12. The molecule has 0 amide bonds. The van der Waals surface area contributed by atoms with Crippen LogP contribution in [0.15, 0.2) is 33.5 Å². The number of hydrogen-bond acceptors (Lipinski definition) is 8. The first kappa shape index (κ1) is 15.9. The van der Waals surface area contributed by atoms with Crippen molar-refractivity contribution in [1.82, 2.24) is 0 Å². The zero-order valence-electron chi connectivity index (χ0n) is 13.9. The van der Waals surface area contributed by atoms with Crippen LogP contribution in [0.25, 0.3) is 22.3 Å². The quantitative estimate of drug-likeness (QED) is 0.736. The number of fused-ring (bicyclic) bond motifs is 2. The van der Waals surface area contributed by atoms with Crippen molar-refractivity contribution in [2.24, 2.45) is 0 Å². The van der Waals surface area contributed by atoms with Crippen LogP contribution in [-0.4, -0.2) is 31.2 Å². The van der Waals surface area contributed by atoms with Gasteiger partial charge in [-0.05, 0) is 18.2 Å². The van der Waals surface area contributed by atoms with E-state index in [4.69, 9.17) is 23.4 Å². The minimum atomic E-state index is -0.785. The van der Waals surface area contributed by atoms with Gasteiger partial charge < -0.3 is 33.6 Å². The lowest BCUT2D eigenvalue weighted by Crippen LogP contribution is -2.03. The summed E-state index contributed by atoms with van der Waals surface area (Å²) in [6.45, 7) is -0.0814. The maximum absolute atomic E-state index is 12.6. The molecule has 2 aromatic carbocycles. The molecule has 0 spiro atoms. The van der Waals surface area contributed by atoms with Crippen LogP contribution in [0.2, 0.25) is 0 Å². The van der Waals surface area contributed by atoms with E-state index in [1.807, 2.05) is 0 Å². The standard InChI is InChI=1S/C18H14O8/c1-22-9-4-3-8(5-10(9)23-2)17-16(21)14(19)13-11(26-17)6-12-18(15(13)20)25-7-24-12/h3-6,20-21H,7H2,1-2H3. The second kappa shape index (κ2) is 5.76. The highest BCUT2D eigenvalue weighted by atomic mass is 16.7. The van der Waals surface area contributed by atoms with Crippen LogP contribution in [0, 0.1) is 0 Å². The largest absolute Gasteiger partial charge is 0.504 e. The number of methoxy groups -OCH3 is 2. The van der Waals surface area contributed by atoms with Crippen molar-refractivity contribution in [2.75, 3.05) is 21.0 Å². The van der Waals surface area contributed by atoms with Gasteiger partial charge in [-0.3, -0.25) is 4.79 Å². The molecular weight excluding hydrogens is 344 g/mol. The van der Waals surface area contributed by atoms with Gasteiger partial charge in [-0.25, -0.2) is 0 Å². The van der Waals surface area contributed by atoms with Gasteiger partial charge in [0.1, 0.15) is 11.0 Å². The summed E-state index contributed by atoms with van der Waals surface area (Å²) in [6.07, 6.45) is 0. The first-order valence-electron chi connectivity index (χ1n) is 7.59. The Bertz CT molecular complexity index is 1080. The van der Waals surface area contributed by atoms with E-state index in [9.17, 15) is 15.0 Å². The predicted molar refractivity (Wildman–Crippen MR) is 90.5 cm³/mol. The van der Waals surface area contributed by atoms with Crippen molar-refractivity contribution in [1.29, 1.82) is 0 Å². The molecule has 4 rings (SSSR count). The molecule has 3 aromatic rings. The number of phenols is 1. The lowest BCUT2D eigenvalue weighted by Gasteiger charge is -2.11. The lowest BCUT2D eigenvalue weighted by atomic mass is 10.1. The maximum Gasteiger partial charge on any atom is 0.238 e. The summed E-state index contributed by atoms with van der Waals surface area (Å²) in [7, 11) is 2.97. The Kier molecular flexibility index (Phi) is 3.54. The van der Waals surface area contributed by atoms with Gasteiger partial charge in [-0.1, -0.05) is 0 Å². The summed E-state index contributed by atoms with van der Waals surface area (Å²) in [5.74, 6) is 0.0456. The molecule has 8 heteroatoms. The van der Waals surface area contributed by atoms with Crippen LogP contribution in [0.5, 0.6) is 34.5 Å².